The van der Waals surface area contributed by atoms with Crippen LogP contribution < -0.4 is 5.32 Å². The van der Waals surface area contributed by atoms with Crippen LogP contribution >= 0.6 is 11.3 Å². The van der Waals surface area contributed by atoms with E-state index in [1.165, 1.54) is 18.3 Å². The number of aromatic nitrogens is 1. The number of nitrogens with one attached hydrogen (secondary N) is 1. The molecular weight excluding hydrogens is 530 g/mol. The van der Waals surface area contributed by atoms with E-state index in [-0.39, 0.29) is 30.0 Å². The van der Waals surface area contributed by atoms with Gasteiger partial charge in [0.2, 0.25) is 5.91 Å². The van der Waals surface area contributed by atoms with E-state index in [1.807, 2.05) is 44.2 Å². The molecule has 1 heterocycles. The Hall–Kier alpha value is -3.53. The van der Waals surface area contributed by atoms with Crippen LogP contribution in [-0.4, -0.2) is 51.8 Å². The maximum absolute atomic E-state index is 13.2. The van der Waals surface area contributed by atoms with E-state index < -0.39 is 29.9 Å². The van der Waals surface area contributed by atoms with Gasteiger partial charge in [0.05, 0.1) is 5.92 Å². The number of benzene rings is 1. The van der Waals surface area contributed by atoms with E-state index in [1.54, 1.807) is 30.3 Å². The number of hydrogen-bond donors (Lipinski definition) is 2. The molecule has 40 heavy (non-hydrogen) atoms. The predicted octanol–water partition coefficient (Wildman–Crippen LogP) is 5.30. The van der Waals surface area contributed by atoms with Crippen LogP contribution in [0.15, 0.2) is 41.4 Å². The number of hydrogen-bond acceptors (Lipinski definition) is 7. The second-order valence-corrected chi connectivity index (χ2v) is 11.7. The normalized spacial score (nSPS) is 15.7. The molecule has 1 unspecified atom stereocenters. The van der Waals surface area contributed by atoms with Crippen LogP contribution in [0.25, 0.3) is 6.08 Å². The van der Waals surface area contributed by atoms with Crippen molar-refractivity contribution in [1.82, 2.24) is 15.2 Å². The van der Waals surface area contributed by atoms with Gasteiger partial charge in [-0.1, -0.05) is 51.1 Å². The largest absolute Gasteiger partial charge is 0.481 e. The molecule has 0 aliphatic heterocycles. The van der Waals surface area contributed by atoms with E-state index >= 15 is 0 Å². The number of amides is 2. The standard InChI is InChI=1S/C30H39N3O6S/c1-18(2)25(33(5)27(35)15-22-11-12-22)16-26(39-20(4)34)29-32-24(17-40-29)28(36)31-23(13-19(3)30(37)38)14-21-9-7-6-8-10-21/h6-10,14,17-19,22,25-26H,11-13,15-16H2,1-5H3,(H,31,36)(H,37,38)/b23-14+/t19-,25?,26+/m0/s1. The summed E-state index contributed by atoms with van der Waals surface area (Å²) in [5, 5.41) is 14.3. The molecule has 2 aromatic rings. The minimum absolute atomic E-state index is 0.0790. The van der Waals surface area contributed by atoms with Crippen molar-refractivity contribution < 1.29 is 29.0 Å². The topological polar surface area (TPSA) is 126 Å². The molecule has 1 aromatic heterocycles. The van der Waals surface area contributed by atoms with Gasteiger partial charge in [-0.3, -0.25) is 19.2 Å². The van der Waals surface area contributed by atoms with Crippen molar-refractivity contribution in [3.8, 4) is 0 Å². The zero-order valence-electron chi connectivity index (χ0n) is 23.8. The molecule has 216 valence electrons. The summed E-state index contributed by atoms with van der Waals surface area (Å²) in [5.74, 6) is -1.98. The number of carboxylic acids is 1. The van der Waals surface area contributed by atoms with E-state index in [9.17, 15) is 24.3 Å². The highest BCUT2D eigenvalue weighted by Gasteiger charge is 2.33. The molecule has 0 radical (unpaired) electrons. The van der Waals surface area contributed by atoms with Gasteiger partial charge in [0.1, 0.15) is 10.7 Å². The monoisotopic (exact) mass is 569 g/mol. The number of aliphatic carboxylic acids is 1. The van der Waals surface area contributed by atoms with Gasteiger partial charge in [-0.05, 0) is 36.3 Å². The summed E-state index contributed by atoms with van der Waals surface area (Å²) in [5.41, 5.74) is 1.41. The van der Waals surface area contributed by atoms with Crippen LogP contribution in [0.1, 0.15) is 87.0 Å². The Bertz CT molecular complexity index is 1220. The fourth-order valence-electron chi connectivity index (χ4n) is 4.46. The van der Waals surface area contributed by atoms with E-state index in [0.29, 0.717) is 29.5 Å². The molecule has 0 bridgehead atoms. The van der Waals surface area contributed by atoms with Crippen molar-refractivity contribution in [3.05, 3.63) is 57.7 Å². The molecule has 1 saturated carbocycles. The zero-order chi connectivity index (χ0) is 29.4. The second-order valence-electron chi connectivity index (χ2n) is 10.8. The third-order valence-corrected chi connectivity index (χ3v) is 7.91. The smallest absolute Gasteiger partial charge is 0.306 e. The van der Waals surface area contributed by atoms with E-state index in [0.717, 1.165) is 18.4 Å². The maximum Gasteiger partial charge on any atom is 0.306 e. The number of esters is 1. The molecule has 3 rings (SSSR count). The summed E-state index contributed by atoms with van der Waals surface area (Å²) < 4.78 is 5.64. The fourth-order valence-corrected chi connectivity index (χ4v) is 5.30. The van der Waals surface area contributed by atoms with Crippen molar-refractivity contribution in [1.29, 1.82) is 0 Å². The lowest BCUT2D eigenvalue weighted by molar-refractivity contribution is -0.148. The Morgan fingerprint density at radius 2 is 1.85 bits per heavy atom. The highest BCUT2D eigenvalue weighted by molar-refractivity contribution is 7.09. The minimum Gasteiger partial charge on any atom is -0.481 e. The van der Waals surface area contributed by atoms with Crippen LogP contribution in [-0.2, 0) is 19.1 Å². The quantitative estimate of drug-likeness (QED) is 0.296. The number of carboxylic acid groups (broad SMARTS) is 1. The summed E-state index contributed by atoms with van der Waals surface area (Å²) in [6, 6.07) is 9.12. The minimum atomic E-state index is -0.964. The zero-order valence-corrected chi connectivity index (χ0v) is 24.6. The molecule has 9 nitrogen and oxygen atoms in total. The van der Waals surface area contributed by atoms with Gasteiger partial charge in [0.15, 0.2) is 6.10 Å². The second kappa shape index (κ2) is 14.2. The maximum atomic E-state index is 13.2. The molecule has 1 aliphatic rings. The molecule has 2 N–H and O–H groups in total. The summed E-state index contributed by atoms with van der Waals surface area (Å²) in [6.45, 7) is 6.95. The van der Waals surface area contributed by atoms with E-state index in [2.05, 4.69) is 10.3 Å². The summed E-state index contributed by atoms with van der Waals surface area (Å²) >= 11 is 1.21. The number of rotatable bonds is 14. The predicted molar refractivity (Wildman–Crippen MR) is 153 cm³/mol. The first-order valence-corrected chi connectivity index (χ1v) is 14.5. The van der Waals surface area contributed by atoms with Crippen LogP contribution in [0.2, 0.25) is 0 Å². The summed E-state index contributed by atoms with van der Waals surface area (Å²) in [4.78, 5) is 55.7. The third kappa shape index (κ3) is 9.29. The number of carbonyl (C=O) groups excluding carboxylic acids is 3. The number of ether oxygens (including phenoxy) is 1. The van der Waals surface area contributed by atoms with Gasteiger partial charge >= 0.3 is 11.9 Å². The molecule has 3 atom stereocenters. The number of allylic oxidation sites excluding steroid dienone is 1. The molecule has 10 heteroatoms. The third-order valence-electron chi connectivity index (χ3n) is 6.98. The molecule has 1 aromatic carbocycles. The number of nitrogens with zero attached hydrogens (tertiary/aromatic N) is 2. The first-order chi connectivity index (χ1) is 18.9. The lowest BCUT2D eigenvalue weighted by atomic mass is 9.96. The Kier molecular flexibility index (Phi) is 11.0. The molecule has 1 fully saturated rings. The van der Waals surface area contributed by atoms with Crippen LogP contribution in [0.5, 0.6) is 0 Å². The molecule has 0 spiro atoms. The number of carbonyl (C=O) groups is 4. The first-order valence-electron chi connectivity index (χ1n) is 13.6. The first kappa shape index (κ1) is 31.0. The van der Waals surface area contributed by atoms with Gasteiger partial charge in [-0.15, -0.1) is 11.3 Å². The van der Waals surface area contributed by atoms with E-state index in [4.69, 9.17) is 4.74 Å². The fraction of sp³-hybridized carbons (Fsp3) is 0.500. The van der Waals surface area contributed by atoms with Crippen LogP contribution in [0.3, 0.4) is 0 Å². The summed E-state index contributed by atoms with van der Waals surface area (Å²) in [6.07, 6.45) is 4.20. The van der Waals surface area contributed by atoms with Gasteiger partial charge in [-0.25, -0.2) is 4.98 Å². The van der Waals surface area contributed by atoms with Gasteiger partial charge in [-0.2, -0.15) is 0 Å². The van der Waals surface area contributed by atoms with Gasteiger partial charge in [0.25, 0.3) is 5.91 Å². The number of thiazole rings is 1. The Morgan fingerprint density at radius 1 is 1.18 bits per heavy atom. The molecule has 2 amide bonds. The average molecular weight is 570 g/mol. The Labute approximate surface area is 239 Å². The van der Waals surface area contributed by atoms with Crippen LogP contribution in [0, 0.1) is 17.8 Å². The Balaban J connectivity index is 1.79. The molecule has 1 aliphatic carbocycles. The molecular formula is C30H39N3O6S. The highest BCUT2D eigenvalue weighted by atomic mass is 32.1. The summed E-state index contributed by atoms with van der Waals surface area (Å²) in [7, 11) is 1.79. The van der Waals surface area contributed by atoms with Crippen molar-refractivity contribution in [2.75, 3.05) is 7.05 Å². The van der Waals surface area contributed by atoms with Gasteiger partial charge in [0, 0.05) is 50.4 Å². The SMILES string of the molecule is CC(=O)O[C@H](CC(C(C)C)N(C)C(=O)CC1CC1)c1nc(C(=O)N/C(=C/c2ccccc2)C[C@H](C)C(=O)O)cs1. The van der Waals surface area contributed by atoms with Crippen molar-refractivity contribution in [2.24, 2.45) is 17.8 Å². The lowest BCUT2D eigenvalue weighted by Gasteiger charge is -2.33. The van der Waals surface area contributed by atoms with Crippen molar-refractivity contribution >= 4 is 41.2 Å². The van der Waals surface area contributed by atoms with Crippen LogP contribution in [0.4, 0.5) is 0 Å². The Morgan fingerprint density at radius 3 is 2.42 bits per heavy atom. The lowest BCUT2D eigenvalue weighted by Crippen LogP contribution is -2.41. The molecule has 0 saturated heterocycles. The van der Waals surface area contributed by atoms with Crippen molar-refractivity contribution in [3.63, 3.8) is 0 Å². The van der Waals surface area contributed by atoms with Gasteiger partial charge < -0.3 is 20.1 Å². The highest BCUT2D eigenvalue weighted by Crippen LogP contribution is 2.35. The van der Waals surface area contributed by atoms with Crippen molar-refractivity contribution in [2.45, 2.75) is 71.9 Å². The average Bonchev–Trinajstić information content (AvgIpc) is 3.56.